The van der Waals surface area contributed by atoms with Crippen LogP contribution >= 0.6 is 0 Å². The fraction of sp³-hybridized carbons (Fsp3) is 0.500. The highest BCUT2D eigenvalue weighted by Gasteiger charge is 2.44. The van der Waals surface area contributed by atoms with E-state index in [9.17, 15) is 18.8 Å². The minimum atomic E-state index is -0.827. The summed E-state index contributed by atoms with van der Waals surface area (Å²) in [6.07, 6.45) is 0.980. The molecule has 6 nitrogen and oxygen atoms in total. The van der Waals surface area contributed by atoms with Gasteiger partial charge in [-0.15, -0.1) is 0 Å². The number of amides is 2. The minimum Gasteiger partial charge on any atom is -0.481 e. The van der Waals surface area contributed by atoms with Crippen LogP contribution in [-0.4, -0.2) is 52.8 Å². The molecule has 0 unspecified atom stereocenters. The number of carboxylic acids is 1. The van der Waals surface area contributed by atoms with Crippen LogP contribution in [0.5, 0.6) is 0 Å². The molecule has 2 saturated heterocycles. The number of rotatable bonds is 3. The van der Waals surface area contributed by atoms with Gasteiger partial charge in [0, 0.05) is 26.6 Å². The van der Waals surface area contributed by atoms with Crippen LogP contribution in [0.3, 0.4) is 0 Å². The second-order valence-corrected chi connectivity index (χ2v) is 6.75. The second-order valence-electron chi connectivity index (χ2n) is 6.75. The summed E-state index contributed by atoms with van der Waals surface area (Å²) in [5.41, 5.74) is 0.730. The smallest absolute Gasteiger partial charge is 0.306 e. The summed E-state index contributed by atoms with van der Waals surface area (Å²) in [7, 11) is 1.65. The molecule has 134 valence electrons. The van der Waals surface area contributed by atoms with E-state index in [2.05, 4.69) is 0 Å². The molecule has 3 rings (SSSR count). The summed E-state index contributed by atoms with van der Waals surface area (Å²) in [5, 5.41) is 9.07. The van der Waals surface area contributed by atoms with Crippen LogP contribution in [0.2, 0.25) is 0 Å². The third-order valence-corrected chi connectivity index (χ3v) is 5.27. The number of halogens is 1. The van der Waals surface area contributed by atoms with Crippen molar-refractivity contribution in [2.75, 3.05) is 20.1 Å². The van der Waals surface area contributed by atoms with Gasteiger partial charge in [0.15, 0.2) is 0 Å². The molecule has 2 aliphatic heterocycles. The molecular weight excluding hydrogens is 327 g/mol. The number of aliphatic carboxylic acids is 1. The molecule has 2 heterocycles. The molecule has 0 radical (unpaired) electrons. The number of carboxylic acid groups (broad SMARTS) is 1. The van der Waals surface area contributed by atoms with E-state index in [1.807, 2.05) is 0 Å². The fourth-order valence-electron chi connectivity index (χ4n) is 3.79. The largest absolute Gasteiger partial charge is 0.481 e. The average molecular weight is 348 g/mol. The number of nitrogens with zero attached hydrogens (tertiary/aromatic N) is 2. The van der Waals surface area contributed by atoms with E-state index in [-0.39, 0.29) is 24.1 Å². The van der Waals surface area contributed by atoms with Gasteiger partial charge < -0.3 is 14.9 Å². The minimum absolute atomic E-state index is 0.118. The maximum Gasteiger partial charge on any atom is 0.306 e. The van der Waals surface area contributed by atoms with Crippen LogP contribution in [0, 0.1) is 17.7 Å². The monoisotopic (exact) mass is 348 g/mol. The van der Waals surface area contributed by atoms with E-state index in [1.165, 1.54) is 12.1 Å². The molecule has 25 heavy (non-hydrogen) atoms. The fourth-order valence-corrected chi connectivity index (χ4v) is 3.79. The van der Waals surface area contributed by atoms with Gasteiger partial charge in [0.25, 0.3) is 0 Å². The Hall–Kier alpha value is -2.44. The first-order valence-corrected chi connectivity index (χ1v) is 8.41. The predicted molar refractivity (Wildman–Crippen MR) is 87.0 cm³/mol. The van der Waals surface area contributed by atoms with Crippen LogP contribution in [0.1, 0.15) is 30.9 Å². The van der Waals surface area contributed by atoms with E-state index in [4.69, 9.17) is 5.11 Å². The summed E-state index contributed by atoms with van der Waals surface area (Å²) in [4.78, 5) is 39.4. The molecule has 2 amide bonds. The first kappa shape index (κ1) is 17.4. The van der Waals surface area contributed by atoms with Gasteiger partial charge in [0.05, 0.1) is 17.9 Å². The van der Waals surface area contributed by atoms with Crippen LogP contribution in [-0.2, 0) is 14.4 Å². The summed E-state index contributed by atoms with van der Waals surface area (Å²) in [6, 6.07) is 5.44. The number of hydrogen-bond acceptors (Lipinski definition) is 3. The molecule has 1 aromatic carbocycles. The molecule has 0 aromatic heterocycles. The third kappa shape index (κ3) is 3.36. The van der Waals surface area contributed by atoms with Crippen molar-refractivity contribution in [2.45, 2.75) is 25.3 Å². The molecule has 2 aliphatic rings. The lowest BCUT2D eigenvalue weighted by atomic mass is 9.90. The topological polar surface area (TPSA) is 77.9 Å². The average Bonchev–Trinajstić information content (AvgIpc) is 2.90. The van der Waals surface area contributed by atoms with E-state index < -0.39 is 23.8 Å². The predicted octanol–water partition coefficient (Wildman–Crippen LogP) is 1.67. The van der Waals surface area contributed by atoms with Crippen LogP contribution in [0.25, 0.3) is 0 Å². The first-order valence-electron chi connectivity index (χ1n) is 8.41. The Morgan fingerprint density at radius 3 is 2.32 bits per heavy atom. The Morgan fingerprint density at radius 2 is 1.76 bits per heavy atom. The van der Waals surface area contributed by atoms with Gasteiger partial charge in [-0.05, 0) is 30.5 Å². The summed E-state index contributed by atoms with van der Waals surface area (Å²) in [5.74, 6) is -2.38. The summed E-state index contributed by atoms with van der Waals surface area (Å²) < 4.78 is 13.2. The van der Waals surface area contributed by atoms with Crippen molar-refractivity contribution < 1.29 is 23.9 Å². The van der Waals surface area contributed by atoms with Gasteiger partial charge in [0.1, 0.15) is 5.82 Å². The maximum absolute atomic E-state index is 13.2. The highest BCUT2D eigenvalue weighted by molar-refractivity contribution is 5.90. The molecule has 1 aromatic rings. The number of hydrogen-bond donors (Lipinski definition) is 1. The van der Waals surface area contributed by atoms with Crippen LogP contribution in [0.15, 0.2) is 24.3 Å². The number of carbonyl (C=O) groups excluding carboxylic acids is 2. The Kier molecular flexibility index (Phi) is 4.74. The lowest BCUT2D eigenvalue weighted by molar-refractivity contribution is -0.147. The van der Waals surface area contributed by atoms with Crippen molar-refractivity contribution in [2.24, 2.45) is 11.8 Å². The lowest BCUT2D eigenvalue weighted by Gasteiger charge is -2.34. The second kappa shape index (κ2) is 6.82. The Labute approximate surface area is 145 Å². The lowest BCUT2D eigenvalue weighted by Crippen LogP contribution is -2.44. The SMILES string of the molecule is CN1C(=O)C[C@H](C(=O)N2CCC(C(=O)O)CC2)[C@H]1c1ccc(F)cc1. The molecule has 0 aliphatic carbocycles. The number of piperidine rings is 1. The molecule has 1 N–H and O–H groups in total. The zero-order chi connectivity index (χ0) is 18.1. The van der Waals surface area contributed by atoms with Crippen molar-refractivity contribution in [1.29, 1.82) is 0 Å². The Morgan fingerprint density at radius 1 is 1.16 bits per heavy atom. The van der Waals surface area contributed by atoms with Gasteiger partial charge in [0.2, 0.25) is 11.8 Å². The van der Waals surface area contributed by atoms with Crippen molar-refractivity contribution in [1.82, 2.24) is 9.80 Å². The molecule has 2 atom stereocenters. The van der Waals surface area contributed by atoms with E-state index >= 15 is 0 Å². The number of benzene rings is 1. The summed E-state index contributed by atoms with van der Waals surface area (Å²) in [6.45, 7) is 0.778. The summed E-state index contributed by atoms with van der Waals surface area (Å²) >= 11 is 0. The van der Waals surface area contributed by atoms with Crippen molar-refractivity contribution in [3.8, 4) is 0 Å². The maximum atomic E-state index is 13.2. The van der Waals surface area contributed by atoms with E-state index in [0.717, 1.165) is 5.56 Å². The molecule has 0 saturated carbocycles. The van der Waals surface area contributed by atoms with Gasteiger partial charge >= 0.3 is 5.97 Å². The van der Waals surface area contributed by atoms with Gasteiger partial charge in [-0.2, -0.15) is 0 Å². The zero-order valence-electron chi connectivity index (χ0n) is 14.0. The molecule has 0 spiro atoms. The third-order valence-electron chi connectivity index (χ3n) is 5.27. The zero-order valence-corrected chi connectivity index (χ0v) is 14.0. The first-order chi connectivity index (χ1) is 11.9. The van der Waals surface area contributed by atoms with Gasteiger partial charge in [-0.1, -0.05) is 12.1 Å². The van der Waals surface area contributed by atoms with E-state index in [0.29, 0.717) is 25.9 Å². The van der Waals surface area contributed by atoms with Crippen LogP contribution in [0.4, 0.5) is 4.39 Å². The molecule has 0 bridgehead atoms. The highest BCUT2D eigenvalue weighted by atomic mass is 19.1. The number of carbonyl (C=O) groups is 3. The standard InChI is InChI=1S/C18H21FN2O4/c1-20-15(22)10-14(16(20)11-2-4-13(19)5-3-11)17(23)21-8-6-12(7-9-21)18(24)25/h2-5,12,14,16H,6-10H2,1H3,(H,24,25)/t14-,16+/m0/s1. The Balaban J connectivity index is 1.77. The van der Waals surface area contributed by atoms with Crippen molar-refractivity contribution in [3.63, 3.8) is 0 Å². The Bertz CT molecular complexity index is 683. The van der Waals surface area contributed by atoms with Crippen molar-refractivity contribution in [3.05, 3.63) is 35.6 Å². The molecule has 2 fully saturated rings. The van der Waals surface area contributed by atoms with Crippen LogP contribution < -0.4 is 0 Å². The molecular formula is C18H21FN2O4. The van der Waals surface area contributed by atoms with E-state index in [1.54, 1.807) is 29.0 Å². The molecule has 7 heteroatoms. The number of likely N-dealkylation sites (tertiary alicyclic amines) is 2. The van der Waals surface area contributed by atoms with Gasteiger partial charge in [-0.25, -0.2) is 4.39 Å². The van der Waals surface area contributed by atoms with Gasteiger partial charge in [-0.3, -0.25) is 14.4 Å². The normalized spacial score (nSPS) is 24.6. The van der Waals surface area contributed by atoms with Crippen molar-refractivity contribution >= 4 is 17.8 Å². The quantitative estimate of drug-likeness (QED) is 0.901. The highest BCUT2D eigenvalue weighted by Crippen LogP contribution is 2.38.